The summed E-state index contributed by atoms with van der Waals surface area (Å²) < 4.78 is 0. The van der Waals surface area contributed by atoms with E-state index in [9.17, 15) is 24.0 Å². The van der Waals surface area contributed by atoms with Crippen LogP contribution in [0, 0.1) is 5.92 Å². The summed E-state index contributed by atoms with van der Waals surface area (Å²) in [4.78, 5) is 60.4. The predicted octanol–water partition coefficient (Wildman–Crippen LogP) is -1.49. The minimum absolute atomic E-state index is 0.0100. The second kappa shape index (κ2) is 10.6. The van der Waals surface area contributed by atoms with Crippen molar-refractivity contribution in [2.75, 3.05) is 13.1 Å². The lowest BCUT2D eigenvalue weighted by Crippen LogP contribution is -2.56. The molecule has 0 radical (unpaired) electrons. The van der Waals surface area contributed by atoms with E-state index in [1.807, 2.05) is 13.8 Å². The van der Waals surface area contributed by atoms with Gasteiger partial charge in [0.2, 0.25) is 17.7 Å². The molecule has 1 aliphatic rings. The Morgan fingerprint density at radius 3 is 2.25 bits per heavy atom. The van der Waals surface area contributed by atoms with Crippen LogP contribution in [-0.4, -0.2) is 76.0 Å². The molecule has 28 heavy (non-hydrogen) atoms. The van der Waals surface area contributed by atoms with Gasteiger partial charge in [0, 0.05) is 6.54 Å². The van der Waals surface area contributed by atoms with Crippen molar-refractivity contribution in [2.24, 2.45) is 11.7 Å². The van der Waals surface area contributed by atoms with Gasteiger partial charge >= 0.3 is 11.9 Å². The Bertz CT molecular complexity index is 623. The summed E-state index contributed by atoms with van der Waals surface area (Å²) in [5.41, 5.74) is 5.36. The number of carboxylic acid groups (broad SMARTS) is 2. The van der Waals surface area contributed by atoms with Crippen LogP contribution in [-0.2, 0) is 24.0 Å². The molecule has 1 rings (SSSR count). The van der Waals surface area contributed by atoms with Gasteiger partial charge in [-0.2, -0.15) is 0 Å². The molecule has 1 heterocycles. The molecule has 3 unspecified atom stereocenters. The molecule has 11 nitrogen and oxygen atoms in total. The predicted molar refractivity (Wildman–Crippen MR) is 97.0 cm³/mol. The third-order valence-corrected chi connectivity index (χ3v) is 4.38. The van der Waals surface area contributed by atoms with Crippen molar-refractivity contribution in [2.45, 2.75) is 57.7 Å². The zero-order chi connectivity index (χ0) is 21.4. The van der Waals surface area contributed by atoms with Crippen LogP contribution in [0.15, 0.2) is 0 Å². The monoisotopic (exact) mass is 400 g/mol. The molecular formula is C17H28N4O7. The maximum absolute atomic E-state index is 12.6. The number of rotatable bonds is 10. The molecule has 11 heteroatoms. The molecule has 0 saturated carbocycles. The lowest BCUT2D eigenvalue weighted by atomic mass is 10.0. The fraction of sp³-hybridized carbons (Fsp3) is 0.706. The molecule has 3 amide bonds. The van der Waals surface area contributed by atoms with Crippen molar-refractivity contribution in [3.05, 3.63) is 0 Å². The minimum atomic E-state index is -1.61. The number of amides is 3. The zero-order valence-electron chi connectivity index (χ0n) is 16.0. The van der Waals surface area contributed by atoms with Crippen molar-refractivity contribution in [3.8, 4) is 0 Å². The molecular weight excluding hydrogens is 372 g/mol. The first-order chi connectivity index (χ1) is 13.1. The number of aliphatic carboxylic acids is 2. The molecule has 0 bridgehead atoms. The van der Waals surface area contributed by atoms with Crippen LogP contribution in [0.3, 0.4) is 0 Å². The van der Waals surface area contributed by atoms with E-state index >= 15 is 0 Å². The summed E-state index contributed by atoms with van der Waals surface area (Å²) in [5.74, 6) is -4.55. The topological polar surface area (TPSA) is 179 Å². The molecule has 0 aromatic rings. The first kappa shape index (κ1) is 23.3. The molecule has 1 aliphatic heterocycles. The summed E-state index contributed by atoms with van der Waals surface area (Å²) >= 11 is 0. The van der Waals surface area contributed by atoms with Crippen LogP contribution in [0.1, 0.15) is 39.5 Å². The van der Waals surface area contributed by atoms with Gasteiger partial charge in [-0.3, -0.25) is 19.2 Å². The first-order valence-electron chi connectivity index (χ1n) is 9.11. The average Bonchev–Trinajstić information content (AvgIpc) is 3.08. The summed E-state index contributed by atoms with van der Waals surface area (Å²) in [5, 5.41) is 22.6. The smallest absolute Gasteiger partial charge is 0.326 e. The van der Waals surface area contributed by atoms with E-state index in [-0.39, 0.29) is 24.8 Å². The van der Waals surface area contributed by atoms with Crippen molar-refractivity contribution in [1.82, 2.24) is 15.5 Å². The SMILES string of the molecule is CC(C)CC(NC(=O)C1CCCN1C(=O)CN)C(=O)NC(CC(=O)O)C(=O)O. The van der Waals surface area contributed by atoms with Crippen LogP contribution < -0.4 is 16.4 Å². The number of hydrogen-bond acceptors (Lipinski definition) is 6. The highest BCUT2D eigenvalue weighted by Crippen LogP contribution is 2.18. The average molecular weight is 400 g/mol. The highest BCUT2D eigenvalue weighted by Gasteiger charge is 2.36. The normalized spacial score (nSPS) is 18.4. The van der Waals surface area contributed by atoms with Crippen molar-refractivity contribution in [3.63, 3.8) is 0 Å². The number of carbonyl (C=O) groups is 5. The number of likely N-dealkylation sites (tertiary alicyclic amines) is 1. The molecule has 1 saturated heterocycles. The largest absolute Gasteiger partial charge is 0.481 e. The van der Waals surface area contributed by atoms with Gasteiger partial charge in [-0.1, -0.05) is 13.8 Å². The third-order valence-electron chi connectivity index (χ3n) is 4.38. The van der Waals surface area contributed by atoms with Gasteiger partial charge in [0.1, 0.15) is 18.1 Å². The van der Waals surface area contributed by atoms with E-state index in [1.54, 1.807) is 0 Å². The van der Waals surface area contributed by atoms with Crippen LogP contribution >= 0.6 is 0 Å². The highest BCUT2D eigenvalue weighted by atomic mass is 16.4. The summed E-state index contributed by atoms with van der Waals surface area (Å²) in [7, 11) is 0. The van der Waals surface area contributed by atoms with Gasteiger partial charge in [-0.05, 0) is 25.2 Å². The van der Waals surface area contributed by atoms with Crippen molar-refractivity contribution in [1.29, 1.82) is 0 Å². The Balaban J connectivity index is 2.87. The van der Waals surface area contributed by atoms with E-state index < -0.39 is 48.3 Å². The number of carbonyl (C=O) groups excluding carboxylic acids is 3. The standard InChI is InChI=1S/C17H28N4O7/c1-9(2)6-10(15(25)20-11(17(27)28)7-14(23)24)19-16(26)12-4-3-5-21(12)13(22)8-18/h9-12H,3-8,18H2,1-2H3,(H,19,26)(H,20,25)(H,23,24)(H,27,28). The second-order valence-electron chi connectivity index (χ2n) is 7.14. The van der Waals surface area contributed by atoms with Gasteiger partial charge in [0.15, 0.2) is 0 Å². The molecule has 1 fully saturated rings. The van der Waals surface area contributed by atoms with E-state index in [4.69, 9.17) is 15.9 Å². The van der Waals surface area contributed by atoms with Crippen molar-refractivity contribution < 1.29 is 34.2 Å². The van der Waals surface area contributed by atoms with Gasteiger partial charge in [0.05, 0.1) is 13.0 Å². The first-order valence-corrected chi connectivity index (χ1v) is 9.11. The van der Waals surface area contributed by atoms with Gasteiger partial charge < -0.3 is 31.5 Å². The van der Waals surface area contributed by atoms with Crippen LogP contribution in [0.4, 0.5) is 0 Å². The van der Waals surface area contributed by atoms with E-state index in [1.165, 1.54) is 4.90 Å². The Labute approximate surface area is 162 Å². The van der Waals surface area contributed by atoms with Gasteiger partial charge in [-0.25, -0.2) is 4.79 Å². The fourth-order valence-corrected chi connectivity index (χ4v) is 3.07. The molecule has 6 N–H and O–H groups in total. The summed E-state index contributed by atoms with van der Waals surface area (Å²) in [6.07, 6.45) is 0.494. The van der Waals surface area contributed by atoms with E-state index in [0.717, 1.165) is 0 Å². The second-order valence-corrected chi connectivity index (χ2v) is 7.14. The number of carboxylic acids is 2. The number of nitrogens with two attached hydrogens (primary N) is 1. The zero-order valence-corrected chi connectivity index (χ0v) is 16.0. The van der Waals surface area contributed by atoms with Gasteiger partial charge in [-0.15, -0.1) is 0 Å². The minimum Gasteiger partial charge on any atom is -0.481 e. The van der Waals surface area contributed by atoms with Crippen LogP contribution in [0.25, 0.3) is 0 Å². The Morgan fingerprint density at radius 1 is 1.11 bits per heavy atom. The summed E-state index contributed by atoms with van der Waals surface area (Å²) in [6, 6.07) is -3.41. The molecule has 0 aromatic heterocycles. The summed E-state index contributed by atoms with van der Waals surface area (Å²) in [6.45, 7) is 3.81. The highest BCUT2D eigenvalue weighted by molar-refractivity contribution is 5.94. The van der Waals surface area contributed by atoms with Crippen LogP contribution in [0.2, 0.25) is 0 Å². The third kappa shape index (κ3) is 6.80. The molecule has 158 valence electrons. The maximum atomic E-state index is 12.6. The Hall–Kier alpha value is -2.69. The lowest BCUT2D eigenvalue weighted by molar-refractivity contribution is -0.147. The molecule has 0 aliphatic carbocycles. The Kier molecular flexibility index (Phi) is 8.83. The van der Waals surface area contributed by atoms with Crippen LogP contribution in [0.5, 0.6) is 0 Å². The number of nitrogens with zero attached hydrogens (tertiary/aromatic N) is 1. The molecule has 0 spiro atoms. The lowest BCUT2D eigenvalue weighted by Gasteiger charge is -2.27. The van der Waals surface area contributed by atoms with Gasteiger partial charge in [0.25, 0.3) is 0 Å². The fourth-order valence-electron chi connectivity index (χ4n) is 3.07. The Morgan fingerprint density at radius 2 is 1.75 bits per heavy atom. The van der Waals surface area contributed by atoms with E-state index in [0.29, 0.717) is 19.4 Å². The molecule has 3 atom stereocenters. The number of hydrogen-bond donors (Lipinski definition) is 5. The quantitative estimate of drug-likeness (QED) is 0.294. The molecule has 0 aromatic carbocycles. The van der Waals surface area contributed by atoms with E-state index in [2.05, 4.69) is 10.6 Å². The number of nitrogens with one attached hydrogen (secondary N) is 2. The van der Waals surface area contributed by atoms with Crippen molar-refractivity contribution >= 4 is 29.7 Å². The maximum Gasteiger partial charge on any atom is 0.326 e.